The van der Waals surface area contributed by atoms with Crippen molar-refractivity contribution >= 4 is 27.7 Å². The van der Waals surface area contributed by atoms with E-state index in [-0.39, 0.29) is 10.6 Å². The number of benzene rings is 3. The zero-order chi connectivity index (χ0) is 27.7. The predicted octanol–water partition coefficient (Wildman–Crippen LogP) is 6.76. The quantitative estimate of drug-likeness (QED) is 0.331. The Labute approximate surface area is 214 Å². The first-order valence-corrected chi connectivity index (χ1v) is 12.5. The van der Waals surface area contributed by atoms with Gasteiger partial charge in [0.05, 0.1) is 27.8 Å². The van der Waals surface area contributed by atoms with E-state index in [4.69, 9.17) is 0 Å². The number of sulfonamides is 1. The average Bonchev–Trinajstić information content (AvgIpc) is 2.84. The van der Waals surface area contributed by atoms with Gasteiger partial charge in [-0.15, -0.1) is 0 Å². The lowest BCUT2D eigenvalue weighted by atomic mass is 9.94. The van der Waals surface area contributed by atoms with Gasteiger partial charge in [-0.05, 0) is 61.0 Å². The number of rotatable bonds is 6. The van der Waals surface area contributed by atoms with Crippen molar-refractivity contribution in [2.75, 3.05) is 10.1 Å². The maximum Gasteiger partial charge on any atom is 0.417 e. The minimum Gasteiger partial charge on any atom is -0.297 e. The van der Waals surface area contributed by atoms with E-state index >= 15 is 0 Å². The Morgan fingerprint density at radius 1 is 0.842 bits per heavy atom. The van der Waals surface area contributed by atoms with Crippen LogP contribution in [0.2, 0.25) is 0 Å². The first kappa shape index (κ1) is 27.0. The molecular formula is C25H20F6N4O2S. The van der Waals surface area contributed by atoms with Gasteiger partial charge in [-0.1, -0.05) is 29.8 Å². The lowest BCUT2D eigenvalue weighted by Gasteiger charge is -2.33. The van der Waals surface area contributed by atoms with E-state index < -0.39 is 45.1 Å². The molecule has 0 aliphatic carbocycles. The van der Waals surface area contributed by atoms with Crippen LogP contribution < -0.4 is 10.1 Å². The summed E-state index contributed by atoms with van der Waals surface area (Å²) in [5.74, 6) is 0. The number of anilines is 2. The van der Waals surface area contributed by atoms with Gasteiger partial charge in [-0.2, -0.15) is 26.3 Å². The van der Waals surface area contributed by atoms with E-state index in [2.05, 4.69) is 15.1 Å². The highest BCUT2D eigenvalue weighted by Crippen LogP contribution is 2.44. The van der Waals surface area contributed by atoms with Crippen LogP contribution in [0.1, 0.15) is 28.3 Å². The van der Waals surface area contributed by atoms with Crippen LogP contribution in [0.3, 0.4) is 0 Å². The van der Waals surface area contributed by atoms with E-state index in [1.165, 1.54) is 48.7 Å². The van der Waals surface area contributed by atoms with Crippen molar-refractivity contribution in [2.24, 2.45) is 4.99 Å². The maximum atomic E-state index is 13.8. The molecule has 38 heavy (non-hydrogen) atoms. The van der Waals surface area contributed by atoms with Crippen molar-refractivity contribution in [3.05, 3.63) is 101 Å². The molecule has 6 nitrogen and oxygen atoms in total. The van der Waals surface area contributed by atoms with Crippen LogP contribution in [0.15, 0.2) is 88.9 Å². The van der Waals surface area contributed by atoms with Gasteiger partial charge in [-0.3, -0.25) is 15.2 Å². The molecule has 13 heteroatoms. The third kappa shape index (κ3) is 5.93. The number of hydrazine groups is 1. The number of alkyl halides is 6. The minimum atomic E-state index is -5.27. The summed E-state index contributed by atoms with van der Waals surface area (Å²) in [6.45, 7) is 1.82. The molecular weight excluding hydrogens is 534 g/mol. The highest BCUT2D eigenvalue weighted by molar-refractivity contribution is 7.92. The fourth-order valence-electron chi connectivity index (χ4n) is 3.82. The van der Waals surface area contributed by atoms with Gasteiger partial charge in [-0.25, -0.2) is 13.4 Å². The first-order chi connectivity index (χ1) is 17.8. The van der Waals surface area contributed by atoms with Crippen molar-refractivity contribution in [1.29, 1.82) is 0 Å². The molecule has 0 amide bonds. The Balaban J connectivity index is 1.58. The van der Waals surface area contributed by atoms with Crippen molar-refractivity contribution in [2.45, 2.75) is 30.2 Å². The summed E-state index contributed by atoms with van der Waals surface area (Å²) in [6.07, 6.45) is -6.94. The molecule has 3 aromatic rings. The summed E-state index contributed by atoms with van der Waals surface area (Å²) >= 11 is 0. The van der Waals surface area contributed by atoms with Crippen LogP contribution in [-0.2, 0) is 22.4 Å². The van der Waals surface area contributed by atoms with Gasteiger partial charge in [0.25, 0.3) is 10.0 Å². The monoisotopic (exact) mass is 554 g/mol. The van der Waals surface area contributed by atoms with Crippen LogP contribution in [0, 0.1) is 6.92 Å². The number of aryl methyl sites for hydroxylation is 1. The Kier molecular flexibility index (Phi) is 7.15. The fraction of sp³-hybridized carbons (Fsp3) is 0.160. The molecule has 1 aliphatic rings. The lowest BCUT2D eigenvalue weighted by molar-refractivity contribution is -0.162. The smallest absolute Gasteiger partial charge is 0.297 e. The Morgan fingerprint density at radius 2 is 1.47 bits per heavy atom. The van der Waals surface area contributed by atoms with E-state index in [9.17, 15) is 34.8 Å². The van der Waals surface area contributed by atoms with Crippen LogP contribution in [-0.4, -0.2) is 19.8 Å². The van der Waals surface area contributed by atoms with Crippen molar-refractivity contribution in [1.82, 2.24) is 5.01 Å². The normalized spacial score (nSPS) is 16.0. The van der Waals surface area contributed by atoms with E-state index in [1.807, 2.05) is 6.92 Å². The molecule has 0 saturated heterocycles. The SMILES string of the molecule is Cc1ccc(S(=O)(=O)Nc2ccc(NN3C=NC=CC3c3cccc(C(F)(F)F)c3C(F)(F)F)cc2)cc1. The predicted molar refractivity (Wildman–Crippen MR) is 131 cm³/mol. The maximum absolute atomic E-state index is 13.8. The van der Waals surface area contributed by atoms with Crippen molar-refractivity contribution in [3.63, 3.8) is 0 Å². The molecule has 1 atom stereocenters. The molecule has 0 bridgehead atoms. The number of hydrogen-bond acceptors (Lipinski definition) is 5. The lowest BCUT2D eigenvalue weighted by Crippen LogP contribution is -2.35. The van der Waals surface area contributed by atoms with Gasteiger partial charge < -0.3 is 0 Å². The van der Waals surface area contributed by atoms with Gasteiger partial charge in [0.1, 0.15) is 6.34 Å². The molecule has 0 spiro atoms. The minimum absolute atomic E-state index is 0.0611. The zero-order valence-electron chi connectivity index (χ0n) is 19.5. The molecule has 1 unspecified atom stereocenters. The summed E-state index contributed by atoms with van der Waals surface area (Å²) in [7, 11) is -3.86. The molecule has 1 aliphatic heterocycles. The van der Waals surface area contributed by atoms with Gasteiger partial charge in [0.15, 0.2) is 0 Å². The number of nitrogens with one attached hydrogen (secondary N) is 2. The largest absolute Gasteiger partial charge is 0.417 e. The fourth-order valence-corrected chi connectivity index (χ4v) is 4.88. The zero-order valence-corrected chi connectivity index (χ0v) is 20.4. The number of hydrogen-bond donors (Lipinski definition) is 2. The number of nitrogens with zero attached hydrogens (tertiary/aromatic N) is 2. The molecule has 3 aromatic carbocycles. The third-order valence-corrected chi connectivity index (χ3v) is 6.97. The molecule has 0 radical (unpaired) electrons. The van der Waals surface area contributed by atoms with Crippen LogP contribution in [0.5, 0.6) is 0 Å². The summed E-state index contributed by atoms with van der Waals surface area (Å²) in [5.41, 5.74) is 0.0302. The topological polar surface area (TPSA) is 73.8 Å². The molecule has 2 N–H and O–H groups in total. The number of aliphatic imine (C=N–C) groups is 1. The van der Waals surface area contributed by atoms with Crippen LogP contribution in [0.25, 0.3) is 0 Å². The van der Waals surface area contributed by atoms with E-state index in [0.29, 0.717) is 11.8 Å². The second-order valence-electron chi connectivity index (χ2n) is 8.33. The molecule has 1 heterocycles. The van der Waals surface area contributed by atoms with Crippen LogP contribution in [0.4, 0.5) is 37.7 Å². The van der Waals surface area contributed by atoms with E-state index in [0.717, 1.165) is 29.0 Å². The molecule has 0 saturated carbocycles. The van der Waals surface area contributed by atoms with E-state index in [1.54, 1.807) is 12.1 Å². The first-order valence-electron chi connectivity index (χ1n) is 11.0. The molecule has 0 aromatic heterocycles. The Hall–Kier alpha value is -4.00. The second kappa shape index (κ2) is 10.0. The third-order valence-electron chi connectivity index (χ3n) is 5.58. The molecule has 4 rings (SSSR count). The summed E-state index contributed by atoms with van der Waals surface area (Å²) in [6, 6.07) is 13.0. The second-order valence-corrected chi connectivity index (χ2v) is 10.0. The van der Waals surface area contributed by atoms with Gasteiger partial charge >= 0.3 is 12.4 Å². The van der Waals surface area contributed by atoms with Crippen molar-refractivity contribution < 1.29 is 34.8 Å². The summed E-state index contributed by atoms with van der Waals surface area (Å²) in [5, 5.41) is 1.12. The van der Waals surface area contributed by atoms with Crippen molar-refractivity contribution in [3.8, 4) is 0 Å². The highest BCUT2D eigenvalue weighted by Gasteiger charge is 2.46. The standard InChI is InChI=1S/C25H20F6N4O2S/c1-16-5-11-19(12-6-16)38(36,37)34-18-9-7-17(8-10-18)33-35-15-32-14-13-22(35)20-3-2-4-21(24(26,27)28)23(20)25(29,30)31/h2-15,22,33-34H,1H3. The highest BCUT2D eigenvalue weighted by atomic mass is 32.2. The molecule has 0 fully saturated rings. The Morgan fingerprint density at radius 3 is 2.08 bits per heavy atom. The number of halogens is 6. The summed E-state index contributed by atoms with van der Waals surface area (Å²) < 4.78 is 109. The average molecular weight is 555 g/mol. The molecule has 200 valence electrons. The Bertz CT molecular complexity index is 1470. The summed E-state index contributed by atoms with van der Waals surface area (Å²) in [4.78, 5) is 3.92. The van der Waals surface area contributed by atoms with Crippen LogP contribution >= 0.6 is 0 Å². The van der Waals surface area contributed by atoms with Gasteiger partial charge in [0, 0.05) is 11.9 Å². The van der Waals surface area contributed by atoms with Gasteiger partial charge in [0.2, 0.25) is 0 Å².